The maximum Gasteiger partial charge on any atom is 0.229 e. The number of nitrogens with one attached hydrogen (secondary N) is 1. The Balaban J connectivity index is 3.24. The number of ether oxygens (including phenoxy) is 1. The average molecular weight is 193 g/mol. The van der Waals surface area contributed by atoms with Gasteiger partial charge in [-0.1, -0.05) is 0 Å². The van der Waals surface area contributed by atoms with Crippen LogP contribution in [-0.2, 0) is 9.53 Å². The summed E-state index contributed by atoms with van der Waals surface area (Å²) in [6.45, 7) is 0.765. The standard InChI is InChI=1S/C7H15NO3S/c1-11-4-6(9)2-3-8-7(10)5-12/h6,9,12H,2-5H2,1H3,(H,8,10). The molecule has 0 aromatic heterocycles. The minimum absolute atomic E-state index is 0.122. The average Bonchev–Trinajstić information content (AvgIpc) is 2.04. The highest BCUT2D eigenvalue weighted by molar-refractivity contribution is 7.81. The van der Waals surface area contributed by atoms with Gasteiger partial charge in [-0.2, -0.15) is 12.6 Å². The number of aliphatic hydroxyl groups is 1. The molecule has 0 rings (SSSR count). The summed E-state index contributed by atoms with van der Waals surface area (Å²) in [6, 6.07) is 0. The van der Waals surface area contributed by atoms with Crippen molar-refractivity contribution >= 4 is 18.5 Å². The summed E-state index contributed by atoms with van der Waals surface area (Å²) in [7, 11) is 1.52. The van der Waals surface area contributed by atoms with Crippen LogP contribution in [0.15, 0.2) is 0 Å². The number of thiol groups is 1. The Morgan fingerprint density at radius 2 is 2.42 bits per heavy atom. The largest absolute Gasteiger partial charge is 0.391 e. The highest BCUT2D eigenvalue weighted by atomic mass is 32.1. The second-order valence-corrected chi connectivity index (χ2v) is 2.72. The maximum absolute atomic E-state index is 10.7. The first-order valence-corrected chi connectivity index (χ1v) is 4.38. The molecule has 0 spiro atoms. The molecule has 4 nitrogen and oxygen atoms in total. The lowest BCUT2D eigenvalue weighted by Gasteiger charge is -2.09. The second-order valence-electron chi connectivity index (χ2n) is 2.41. The van der Waals surface area contributed by atoms with Crippen molar-refractivity contribution in [2.24, 2.45) is 0 Å². The van der Waals surface area contributed by atoms with Gasteiger partial charge in [-0.05, 0) is 6.42 Å². The molecule has 0 aliphatic rings. The van der Waals surface area contributed by atoms with Crippen LogP contribution in [0.4, 0.5) is 0 Å². The number of hydrogen-bond donors (Lipinski definition) is 3. The molecule has 1 atom stereocenters. The van der Waals surface area contributed by atoms with Crippen LogP contribution in [0.5, 0.6) is 0 Å². The molecule has 12 heavy (non-hydrogen) atoms. The van der Waals surface area contributed by atoms with Crippen LogP contribution in [0.3, 0.4) is 0 Å². The molecule has 0 saturated carbocycles. The fourth-order valence-electron chi connectivity index (χ4n) is 0.710. The fourth-order valence-corrected chi connectivity index (χ4v) is 0.822. The number of hydrogen-bond acceptors (Lipinski definition) is 4. The topological polar surface area (TPSA) is 58.6 Å². The van der Waals surface area contributed by atoms with Gasteiger partial charge < -0.3 is 15.2 Å². The lowest BCUT2D eigenvalue weighted by atomic mass is 10.3. The molecule has 0 fully saturated rings. The Hall–Kier alpha value is -0.260. The molecular weight excluding hydrogens is 178 g/mol. The number of carbonyl (C=O) groups excluding carboxylic acids is 1. The van der Waals surface area contributed by atoms with E-state index in [1.165, 1.54) is 7.11 Å². The molecular formula is C7H15NO3S. The van der Waals surface area contributed by atoms with Crippen molar-refractivity contribution in [3.05, 3.63) is 0 Å². The SMILES string of the molecule is COCC(O)CCNC(=O)CS. The first kappa shape index (κ1) is 11.7. The minimum atomic E-state index is -0.504. The number of aliphatic hydroxyl groups excluding tert-OH is 1. The molecule has 0 heterocycles. The maximum atomic E-state index is 10.7. The van der Waals surface area contributed by atoms with E-state index in [9.17, 15) is 4.79 Å². The predicted octanol–water partition coefficient (Wildman–Crippen LogP) is -0.570. The Bertz CT molecular complexity index is 132. The quantitative estimate of drug-likeness (QED) is 0.495. The molecule has 2 N–H and O–H groups in total. The first-order chi connectivity index (χ1) is 5.70. The zero-order valence-corrected chi connectivity index (χ0v) is 8.01. The van der Waals surface area contributed by atoms with E-state index in [0.29, 0.717) is 19.6 Å². The molecule has 0 aromatic carbocycles. The van der Waals surface area contributed by atoms with E-state index in [1.807, 2.05) is 0 Å². The van der Waals surface area contributed by atoms with Crippen LogP contribution in [0.2, 0.25) is 0 Å². The summed E-state index contributed by atoms with van der Waals surface area (Å²) >= 11 is 3.78. The molecule has 0 aliphatic heterocycles. The third-order valence-corrected chi connectivity index (χ3v) is 1.59. The Kier molecular flexibility index (Phi) is 7.23. The van der Waals surface area contributed by atoms with Crippen molar-refractivity contribution in [2.45, 2.75) is 12.5 Å². The molecule has 1 amide bonds. The Morgan fingerprint density at radius 3 is 2.92 bits per heavy atom. The monoisotopic (exact) mass is 193 g/mol. The van der Waals surface area contributed by atoms with Crippen molar-refractivity contribution in [1.29, 1.82) is 0 Å². The van der Waals surface area contributed by atoms with Gasteiger partial charge in [-0.25, -0.2) is 0 Å². The van der Waals surface area contributed by atoms with Gasteiger partial charge in [0.2, 0.25) is 5.91 Å². The summed E-state index contributed by atoms with van der Waals surface area (Å²) in [5.74, 6) is 0.0587. The van der Waals surface area contributed by atoms with Crippen LogP contribution < -0.4 is 5.32 Å². The van der Waals surface area contributed by atoms with Gasteiger partial charge >= 0.3 is 0 Å². The molecule has 0 saturated heterocycles. The van der Waals surface area contributed by atoms with Crippen LogP contribution in [0.1, 0.15) is 6.42 Å². The van der Waals surface area contributed by atoms with E-state index < -0.39 is 6.10 Å². The molecule has 0 aliphatic carbocycles. The van der Waals surface area contributed by atoms with E-state index in [-0.39, 0.29) is 11.7 Å². The number of methoxy groups -OCH3 is 1. The molecule has 0 bridgehead atoms. The predicted molar refractivity (Wildman–Crippen MR) is 49.4 cm³/mol. The van der Waals surface area contributed by atoms with Gasteiger partial charge in [0.1, 0.15) is 0 Å². The third kappa shape index (κ3) is 6.45. The van der Waals surface area contributed by atoms with Crippen molar-refractivity contribution in [1.82, 2.24) is 5.32 Å². The van der Waals surface area contributed by atoms with Crippen LogP contribution >= 0.6 is 12.6 Å². The summed E-state index contributed by atoms with van der Waals surface area (Å²) in [5.41, 5.74) is 0. The van der Waals surface area contributed by atoms with Crippen LogP contribution in [0, 0.1) is 0 Å². The van der Waals surface area contributed by atoms with E-state index in [2.05, 4.69) is 17.9 Å². The van der Waals surface area contributed by atoms with Crippen molar-refractivity contribution < 1.29 is 14.6 Å². The van der Waals surface area contributed by atoms with E-state index in [1.54, 1.807) is 0 Å². The lowest BCUT2D eigenvalue weighted by molar-refractivity contribution is -0.118. The summed E-state index contributed by atoms with van der Waals surface area (Å²) < 4.78 is 4.71. The van der Waals surface area contributed by atoms with Crippen LogP contribution in [-0.4, -0.2) is 43.1 Å². The van der Waals surface area contributed by atoms with Gasteiger partial charge in [-0.15, -0.1) is 0 Å². The zero-order valence-electron chi connectivity index (χ0n) is 7.12. The first-order valence-electron chi connectivity index (χ1n) is 3.75. The third-order valence-electron chi connectivity index (χ3n) is 1.30. The van der Waals surface area contributed by atoms with Gasteiger partial charge in [0, 0.05) is 13.7 Å². The fraction of sp³-hybridized carbons (Fsp3) is 0.857. The van der Waals surface area contributed by atoms with Gasteiger partial charge in [0.05, 0.1) is 18.5 Å². The Morgan fingerprint density at radius 1 is 1.75 bits per heavy atom. The number of rotatable bonds is 6. The van der Waals surface area contributed by atoms with E-state index >= 15 is 0 Å². The Labute approximate surface area is 77.7 Å². The van der Waals surface area contributed by atoms with Crippen LogP contribution in [0.25, 0.3) is 0 Å². The summed E-state index contributed by atoms with van der Waals surface area (Å²) in [5, 5.41) is 11.7. The normalized spacial score (nSPS) is 12.6. The molecule has 72 valence electrons. The summed E-state index contributed by atoms with van der Waals surface area (Å²) in [6.07, 6.45) is 0.00287. The molecule has 1 unspecified atom stereocenters. The smallest absolute Gasteiger partial charge is 0.229 e. The van der Waals surface area contributed by atoms with Gasteiger partial charge in [0.25, 0.3) is 0 Å². The van der Waals surface area contributed by atoms with Crippen molar-refractivity contribution in [3.8, 4) is 0 Å². The second kappa shape index (κ2) is 7.39. The lowest BCUT2D eigenvalue weighted by Crippen LogP contribution is -2.29. The van der Waals surface area contributed by atoms with Gasteiger partial charge in [0.15, 0.2) is 0 Å². The molecule has 0 aromatic rings. The van der Waals surface area contributed by atoms with E-state index in [0.717, 1.165) is 0 Å². The van der Waals surface area contributed by atoms with Gasteiger partial charge in [-0.3, -0.25) is 4.79 Å². The zero-order chi connectivity index (χ0) is 9.40. The number of amides is 1. The van der Waals surface area contributed by atoms with Crippen molar-refractivity contribution in [2.75, 3.05) is 26.0 Å². The molecule has 0 radical (unpaired) electrons. The van der Waals surface area contributed by atoms with Crippen molar-refractivity contribution in [3.63, 3.8) is 0 Å². The minimum Gasteiger partial charge on any atom is -0.391 e. The highest BCUT2D eigenvalue weighted by Crippen LogP contribution is 1.89. The molecule has 5 heteroatoms. The summed E-state index contributed by atoms with van der Waals surface area (Å²) in [4.78, 5) is 10.7. The van der Waals surface area contributed by atoms with E-state index in [4.69, 9.17) is 9.84 Å². The highest BCUT2D eigenvalue weighted by Gasteiger charge is 2.03. The number of carbonyl (C=O) groups is 1.